The second-order valence-corrected chi connectivity index (χ2v) is 5.80. The number of halogens is 3. The SMILES string of the molecule is O=C(N/N=C\c1cccc2ccccc12)C(=O)Nc1cccc(C(F)(F)F)c1. The van der Waals surface area contributed by atoms with E-state index in [-0.39, 0.29) is 5.69 Å². The molecule has 0 atom stereocenters. The van der Waals surface area contributed by atoms with Gasteiger partial charge in [0.1, 0.15) is 0 Å². The van der Waals surface area contributed by atoms with Gasteiger partial charge < -0.3 is 5.32 Å². The van der Waals surface area contributed by atoms with E-state index in [1.54, 1.807) is 6.07 Å². The molecule has 142 valence electrons. The smallest absolute Gasteiger partial charge is 0.318 e. The Morgan fingerprint density at radius 2 is 1.61 bits per heavy atom. The van der Waals surface area contributed by atoms with Gasteiger partial charge in [-0.25, -0.2) is 5.43 Å². The Morgan fingerprint density at radius 1 is 0.893 bits per heavy atom. The summed E-state index contributed by atoms with van der Waals surface area (Å²) in [7, 11) is 0. The molecule has 5 nitrogen and oxygen atoms in total. The maximum absolute atomic E-state index is 12.7. The quantitative estimate of drug-likeness (QED) is 0.407. The third-order valence-corrected chi connectivity index (χ3v) is 3.85. The summed E-state index contributed by atoms with van der Waals surface area (Å²) in [5.41, 5.74) is 1.71. The fourth-order valence-electron chi connectivity index (χ4n) is 2.54. The highest BCUT2D eigenvalue weighted by molar-refractivity contribution is 6.39. The molecule has 0 radical (unpaired) electrons. The molecular formula is C20H14F3N3O2. The van der Waals surface area contributed by atoms with Gasteiger partial charge in [-0.1, -0.05) is 48.5 Å². The van der Waals surface area contributed by atoms with Crippen molar-refractivity contribution in [2.24, 2.45) is 5.10 Å². The van der Waals surface area contributed by atoms with E-state index >= 15 is 0 Å². The van der Waals surface area contributed by atoms with Crippen LogP contribution in [0, 0.1) is 0 Å². The van der Waals surface area contributed by atoms with Crippen molar-refractivity contribution < 1.29 is 22.8 Å². The van der Waals surface area contributed by atoms with E-state index in [0.29, 0.717) is 0 Å². The standard InChI is InChI=1S/C20H14F3N3O2/c21-20(22,23)15-8-4-9-16(11-15)25-18(27)19(28)26-24-12-14-7-3-6-13-5-1-2-10-17(13)14/h1-12H,(H,25,27)(H,26,28)/b24-12-. The fourth-order valence-corrected chi connectivity index (χ4v) is 2.54. The number of carbonyl (C=O) groups is 2. The molecule has 0 unspecified atom stereocenters. The summed E-state index contributed by atoms with van der Waals surface area (Å²) < 4.78 is 38.1. The number of hydrogen-bond donors (Lipinski definition) is 2. The molecule has 0 fully saturated rings. The first-order valence-electron chi connectivity index (χ1n) is 8.14. The van der Waals surface area contributed by atoms with Crippen LogP contribution in [0.3, 0.4) is 0 Å². The van der Waals surface area contributed by atoms with Gasteiger partial charge in [0.2, 0.25) is 0 Å². The van der Waals surface area contributed by atoms with Crippen LogP contribution < -0.4 is 10.7 Å². The number of rotatable bonds is 3. The number of anilines is 1. The second kappa shape index (κ2) is 7.91. The van der Waals surface area contributed by atoms with E-state index in [1.165, 1.54) is 12.3 Å². The number of fused-ring (bicyclic) bond motifs is 1. The highest BCUT2D eigenvalue weighted by Gasteiger charge is 2.30. The van der Waals surface area contributed by atoms with Crippen molar-refractivity contribution in [1.82, 2.24) is 5.43 Å². The third-order valence-electron chi connectivity index (χ3n) is 3.85. The summed E-state index contributed by atoms with van der Waals surface area (Å²) >= 11 is 0. The summed E-state index contributed by atoms with van der Waals surface area (Å²) in [5.74, 6) is -2.23. The third kappa shape index (κ3) is 4.53. The van der Waals surface area contributed by atoms with Crippen molar-refractivity contribution >= 4 is 34.5 Å². The Morgan fingerprint density at radius 3 is 2.39 bits per heavy atom. The van der Waals surface area contributed by atoms with Crippen molar-refractivity contribution in [3.05, 3.63) is 77.9 Å². The minimum absolute atomic E-state index is 0.145. The summed E-state index contributed by atoms with van der Waals surface area (Å²) in [6.07, 6.45) is -3.16. The van der Waals surface area contributed by atoms with Gasteiger partial charge in [0.05, 0.1) is 11.8 Å². The van der Waals surface area contributed by atoms with Crippen LogP contribution in [-0.4, -0.2) is 18.0 Å². The molecule has 3 rings (SSSR count). The molecule has 3 aromatic rings. The molecule has 0 saturated carbocycles. The molecule has 0 bridgehead atoms. The van der Waals surface area contributed by atoms with Gasteiger partial charge in [-0.2, -0.15) is 18.3 Å². The average molecular weight is 385 g/mol. The summed E-state index contributed by atoms with van der Waals surface area (Å²) in [6, 6.07) is 17.1. The van der Waals surface area contributed by atoms with Crippen molar-refractivity contribution in [1.29, 1.82) is 0 Å². The summed E-state index contributed by atoms with van der Waals surface area (Å²) in [5, 5.41) is 7.75. The van der Waals surface area contributed by atoms with E-state index < -0.39 is 23.6 Å². The van der Waals surface area contributed by atoms with Crippen molar-refractivity contribution in [3.63, 3.8) is 0 Å². The first-order valence-corrected chi connectivity index (χ1v) is 8.14. The summed E-state index contributed by atoms with van der Waals surface area (Å²) in [4.78, 5) is 23.7. The maximum Gasteiger partial charge on any atom is 0.416 e. The highest BCUT2D eigenvalue weighted by atomic mass is 19.4. The molecule has 0 aliphatic carbocycles. The van der Waals surface area contributed by atoms with Crippen LogP contribution in [0.25, 0.3) is 10.8 Å². The fraction of sp³-hybridized carbons (Fsp3) is 0.0500. The van der Waals surface area contributed by atoms with Crippen molar-refractivity contribution in [3.8, 4) is 0 Å². The Bertz CT molecular complexity index is 1060. The normalized spacial score (nSPS) is 11.5. The lowest BCUT2D eigenvalue weighted by Gasteiger charge is -2.09. The average Bonchev–Trinajstić information content (AvgIpc) is 2.67. The largest absolute Gasteiger partial charge is 0.416 e. The molecule has 0 aliphatic rings. The number of alkyl halides is 3. The van der Waals surface area contributed by atoms with E-state index in [0.717, 1.165) is 34.5 Å². The topological polar surface area (TPSA) is 70.6 Å². The van der Waals surface area contributed by atoms with E-state index in [4.69, 9.17) is 0 Å². The van der Waals surface area contributed by atoms with Crippen LogP contribution in [0.4, 0.5) is 18.9 Å². The predicted octanol–water partition coefficient (Wildman–Crippen LogP) is 3.95. The van der Waals surface area contributed by atoms with Gasteiger partial charge in [0.25, 0.3) is 0 Å². The van der Waals surface area contributed by atoms with E-state index in [1.807, 2.05) is 36.4 Å². The lowest BCUT2D eigenvalue weighted by atomic mass is 10.1. The van der Waals surface area contributed by atoms with Gasteiger partial charge >= 0.3 is 18.0 Å². The first-order chi connectivity index (χ1) is 13.3. The molecule has 2 N–H and O–H groups in total. The number of nitrogens with zero attached hydrogens (tertiary/aromatic N) is 1. The van der Waals surface area contributed by atoms with Crippen LogP contribution in [0.2, 0.25) is 0 Å². The number of amides is 2. The zero-order valence-electron chi connectivity index (χ0n) is 14.3. The van der Waals surface area contributed by atoms with Crippen molar-refractivity contribution in [2.45, 2.75) is 6.18 Å². The molecule has 2 amide bonds. The lowest BCUT2D eigenvalue weighted by molar-refractivity contribution is -0.137. The molecule has 0 heterocycles. The second-order valence-electron chi connectivity index (χ2n) is 5.80. The number of nitrogens with one attached hydrogen (secondary N) is 2. The molecule has 0 saturated heterocycles. The van der Waals surface area contributed by atoms with Crippen LogP contribution in [0.15, 0.2) is 71.8 Å². The number of hydrazone groups is 1. The molecule has 3 aromatic carbocycles. The van der Waals surface area contributed by atoms with Gasteiger partial charge in [-0.15, -0.1) is 0 Å². The van der Waals surface area contributed by atoms with Crippen molar-refractivity contribution in [2.75, 3.05) is 5.32 Å². The maximum atomic E-state index is 12.7. The molecule has 0 aromatic heterocycles. The Hall–Kier alpha value is -3.68. The minimum Gasteiger partial charge on any atom is -0.318 e. The minimum atomic E-state index is -4.55. The lowest BCUT2D eigenvalue weighted by Crippen LogP contribution is -2.32. The number of benzene rings is 3. The molecule has 28 heavy (non-hydrogen) atoms. The summed E-state index contributed by atoms with van der Waals surface area (Å²) in [6.45, 7) is 0. The molecule has 0 aliphatic heterocycles. The Kier molecular flexibility index (Phi) is 5.39. The molecule has 8 heteroatoms. The first kappa shape index (κ1) is 19.1. The van der Waals surface area contributed by atoms with Gasteiger partial charge in [-0.3, -0.25) is 9.59 Å². The molecular weight excluding hydrogens is 371 g/mol. The van der Waals surface area contributed by atoms with E-state index in [9.17, 15) is 22.8 Å². The Balaban J connectivity index is 1.65. The van der Waals surface area contributed by atoms with Crippen LogP contribution in [0.1, 0.15) is 11.1 Å². The van der Waals surface area contributed by atoms with Crippen LogP contribution in [-0.2, 0) is 15.8 Å². The van der Waals surface area contributed by atoms with Gasteiger partial charge in [0.15, 0.2) is 0 Å². The van der Waals surface area contributed by atoms with Crippen LogP contribution >= 0.6 is 0 Å². The van der Waals surface area contributed by atoms with Crippen LogP contribution in [0.5, 0.6) is 0 Å². The number of carbonyl (C=O) groups excluding carboxylic acids is 2. The number of hydrogen-bond acceptors (Lipinski definition) is 3. The zero-order valence-corrected chi connectivity index (χ0v) is 14.3. The predicted molar refractivity (Wildman–Crippen MR) is 99.8 cm³/mol. The van der Waals surface area contributed by atoms with Gasteiger partial charge in [-0.05, 0) is 29.0 Å². The monoisotopic (exact) mass is 385 g/mol. The highest BCUT2D eigenvalue weighted by Crippen LogP contribution is 2.30. The zero-order chi connectivity index (χ0) is 20.1. The molecule has 0 spiro atoms. The van der Waals surface area contributed by atoms with E-state index in [2.05, 4.69) is 15.8 Å². The van der Waals surface area contributed by atoms with Gasteiger partial charge in [0, 0.05) is 11.3 Å². The Labute approximate surface area is 157 Å².